The van der Waals surface area contributed by atoms with E-state index in [1.165, 1.54) is 18.3 Å². The summed E-state index contributed by atoms with van der Waals surface area (Å²) in [6.45, 7) is 0. The van der Waals surface area contributed by atoms with Crippen LogP contribution in [0.25, 0.3) is 0 Å². The molecule has 11 heavy (non-hydrogen) atoms. The fourth-order valence-electron chi connectivity index (χ4n) is 0.582. The molecule has 1 aromatic heterocycles. The van der Waals surface area contributed by atoms with Crippen molar-refractivity contribution in [2.24, 2.45) is 0 Å². The van der Waals surface area contributed by atoms with Gasteiger partial charge in [-0.2, -0.15) is 0 Å². The van der Waals surface area contributed by atoms with Gasteiger partial charge < -0.3 is 14.9 Å². The quantitative estimate of drug-likeness (QED) is 0.424. The number of carboxylic acid groups (broad SMARTS) is 1. The third-order valence-corrected chi connectivity index (χ3v) is 1.04. The summed E-state index contributed by atoms with van der Waals surface area (Å²) < 4.78 is 0. The van der Waals surface area contributed by atoms with Crippen LogP contribution < -0.4 is 40.2 Å². The Hall–Kier alpha value is -0.580. The first kappa shape index (κ1) is 10.4. The van der Waals surface area contributed by atoms with Crippen molar-refractivity contribution in [3.8, 4) is 0 Å². The standard InChI is InChI=1S/C6H5NO3.Na/c8-5-4(6(9)10)2-1-3-7-5;/h1-3H,(H,7,8)(H,9,10);/q;+1/p-1. The predicted molar refractivity (Wildman–Crippen MR) is 31.4 cm³/mol. The van der Waals surface area contributed by atoms with E-state index in [1.54, 1.807) is 0 Å². The molecule has 0 aliphatic rings. The van der Waals surface area contributed by atoms with Crippen LogP contribution in [0.2, 0.25) is 0 Å². The topological polar surface area (TPSA) is 73.0 Å². The third kappa shape index (κ3) is 2.49. The molecule has 52 valence electrons. The van der Waals surface area contributed by atoms with Crippen LogP contribution in [0.4, 0.5) is 0 Å². The minimum Gasteiger partial charge on any atom is -0.545 e. The summed E-state index contributed by atoms with van der Waals surface area (Å²) in [5, 5.41) is 10.1. The molecule has 0 saturated carbocycles. The zero-order valence-corrected chi connectivity index (χ0v) is 7.96. The molecule has 0 bridgehead atoms. The van der Waals surface area contributed by atoms with Gasteiger partial charge in [0.2, 0.25) is 0 Å². The second-order valence-corrected chi connectivity index (χ2v) is 1.70. The number of carboxylic acids is 1. The van der Waals surface area contributed by atoms with Crippen molar-refractivity contribution < 1.29 is 39.5 Å². The van der Waals surface area contributed by atoms with E-state index in [-0.39, 0.29) is 35.1 Å². The summed E-state index contributed by atoms with van der Waals surface area (Å²) in [7, 11) is 0. The Morgan fingerprint density at radius 2 is 2.18 bits per heavy atom. The number of rotatable bonds is 1. The van der Waals surface area contributed by atoms with Gasteiger partial charge >= 0.3 is 29.6 Å². The Bertz CT molecular complexity index is 307. The van der Waals surface area contributed by atoms with Crippen LogP contribution in [-0.4, -0.2) is 11.0 Å². The monoisotopic (exact) mass is 161 g/mol. The maximum absolute atomic E-state index is 10.6. The van der Waals surface area contributed by atoms with Gasteiger partial charge in [-0.15, -0.1) is 0 Å². The average molecular weight is 161 g/mol. The maximum atomic E-state index is 10.6. The largest absolute Gasteiger partial charge is 1.00 e. The van der Waals surface area contributed by atoms with Crippen LogP contribution in [0.1, 0.15) is 10.4 Å². The third-order valence-electron chi connectivity index (χ3n) is 1.04. The van der Waals surface area contributed by atoms with Gasteiger partial charge in [0.15, 0.2) is 0 Å². The van der Waals surface area contributed by atoms with Crippen molar-refractivity contribution in [3.63, 3.8) is 0 Å². The molecule has 0 fully saturated rings. The number of hydrogen-bond donors (Lipinski definition) is 1. The van der Waals surface area contributed by atoms with Crippen LogP contribution >= 0.6 is 0 Å². The molecule has 0 aliphatic heterocycles. The number of hydrogen-bond acceptors (Lipinski definition) is 3. The SMILES string of the molecule is O=C([O-])c1ccc[nH]c1=O.[Na+]. The fraction of sp³-hybridized carbons (Fsp3) is 0. The van der Waals surface area contributed by atoms with E-state index < -0.39 is 11.5 Å². The number of aromatic amines is 1. The Morgan fingerprint density at radius 3 is 2.55 bits per heavy atom. The van der Waals surface area contributed by atoms with E-state index in [1.807, 2.05) is 0 Å². The second kappa shape index (κ2) is 4.33. The normalized spacial score (nSPS) is 8.36. The fourth-order valence-corrected chi connectivity index (χ4v) is 0.582. The van der Waals surface area contributed by atoms with Gasteiger partial charge in [-0.25, -0.2) is 0 Å². The van der Waals surface area contributed by atoms with E-state index in [4.69, 9.17) is 0 Å². The zero-order chi connectivity index (χ0) is 7.56. The summed E-state index contributed by atoms with van der Waals surface area (Å²) in [4.78, 5) is 22.9. The van der Waals surface area contributed by atoms with Crippen molar-refractivity contribution in [2.75, 3.05) is 0 Å². The van der Waals surface area contributed by atoms with E-state index in [0.29, 0.717) is 0 Å². The molecule has 0 aromatic carbocycles. The Morgan fingerprint density at radius 1 is 1.55 bits per heavy atom. The summed E-state index contributed by atoms with van der Waals surface area (Å²) in [5.41, 5.74) is -0.981. The van der Waals surface area contributed by atoms with Crippen molar-refractivity contribution in [1.82, 2.24) is 4.98 Å². The molecule has 0 atom stereocenters. The number of H-pyrrole nitrogens is 1. The number of carbonyl (C=O) groups excluding carboxylic acids is 1. The molecule has 1 rings (SSSR count). The summed E-state index contributed by atoms with van der Waals surface area (Å²) in [6, 6.07) is 2.61. The molecule has 5 heteroatoms. The number of aromatic nitrogens is 1. The predicted octanol–water partition coefficient (Wildman–Crippen LogP) is -4.26. The number of pyridine rings is 1. The number of carbonyl (C=O) groups is 1. The van der Waals surface area contributed by atoms with Gasteiger partial charge in [-0.3, -0.25) is 4.79 Å². The van der Waals surface area contributed by atoms with Crippen molar-refractivity contribution >= 4 is 5.97 Å². The maximum Gasteiger partial charge on any atom is 1.00 e. The van der Waals surface area contributed by atoms with Gasteiger partial charge in [0.05, 0.1) is 11.5 Å². The first-order valence-electron chi connectivity index (χ1n) is 2.61. The summed E-state index contributed by atoms with van der Waals surface area (Å²) >= 11 is 0. The van der Waals surface area contributed by atoms with Gasteiger partial charge in [0.1, 0.15) is 0 Å². The van der Waals surface area contributed by atoms with Crippen LogP contribution in [-0.2, 0) is 0 Å². The minimum absolute atomic E-state index is 0. The van der Waals surface area contributed by atoms with Gasteiger partial charge in [0, 0.05) is 6.20 Å². The molecule has 0 aliphatic carbocycles. The van der Waals surface area contributed by atoms with E-state index >= 15 is 0 Å². The van der Waals surface area contributed by atoms with E-state index in [0.717, 1.165) is 0 Å². The number of aromatic carboxylic acids is 1. The molecule has 0 unspecified atom stereocenters. The number of nitrogens with one attached hydrogen (secondary N) is 1. The van der Waals surface area contributed by atoms with Crippen molar-refractivity contribution in [1.29, 1.82) is 0 Å². The average Bonchev–Trinajstić information content (AvgIpc) is 1.88. The molecular weight excluding hydrogens is 157 g/mol. The summed E-state index contributed by atoms with van der Waals surface area (Å²) in [5.74, 6) is -1.46. The zero-order valence-electron chi connectivity index (χ0n) is 5.96. The molecule has 1 N–H and O–H groups in total. The van der Waals surface area contributed by atoms with Crippen LogP contribution in [0.5, 0.6) is 0 Å². The first-order valence-corrected chi connectivity index (χ1v) is 2.61. The smallest absolute Gasteiger partial charge is 0.545 e. The van der Waals surface area contributed by atoms with Crippen molar-refractivity contribution in [2.45, 2.75) is 0 Å². The van der Waals surface area contributed by atoms with Crippen LogP contribution in [0, 0.1) is 0 Å². The van der Waals surface area contributed by atoms with Crippen LogP contribution in [0.3, 0.4) is 0 Å². The van der Waals surface area contributed by atoms with Gasteiger partial charge in [-0.05, 0) is 12.1 Å². The molecular formula is C6H4NNaO3. The van der Waals surface area contributed by atoms with E-state index in [9.17, 15) is 14.7 Å². The summed E-state index contributed by atoms with van der Waals surface area (Å²) in [6.07, 6.45) is 1.36. The Balaban J connectivity index is 0.000001000. The van der Waals surface area contributed by atoms with Crippen molar-refractivity contribution in [3.05, 3.63) is 34.2 Å². The van der Waals surface area contributed by atoms with Gasteiger partial charge in [0.25, 0.3) is 5.56 Å². The van der Waals surface area contributed by atoms with Gasteiger partial charge in [-0.1, -0.05) is 0 Å². The molecule has 1 heterocycles. The first-order chi connectivity index (χ1) is 4.72. The Kier molecular flexibility index (Phi) is 4.10. The Labute approximate surface area is 84.5 Å². The second-order valence-electron chi connectivity index (χ2n) is 1.70. The minimum atomic E-state index is -1.46. The molecule has 4 nitrogen and oxygen atoms in total. The molecule has 0 spiro atoms. The molecule has 0 radical (unpaired) electrons. The van der Waals surface area contributed by atoms with Crippen LogP contribution in [0.15, 0.2) is 23.1 Å². The molecule has 0 amide bonds. The molecule has 0 saturated heterocycles. The molecule has 1 aromatic rings. The van der Waals surface area contributed by atoms with E-state index in [2.05, 4.69) is 4.98 Å².